The van der Waals surface area contributed by atoms with Crippen molar-refractivity contribution in [2.75, 3.05) is 12.3 Å². The van der Waals surface area contributed by atoms with Gasteiger partial charge >= 0.3 is 6.01 Å². The van der Waals surface area contributed by atoms with E-state index in [1.54, 1.807) is 18.2 Å². The second-order valence-electron chi connectivity index (χ2n) is 6.34. The lowest BCUT2D eigenvalue weighted by atomic mass is 10.1. The van der Waals surface area contributed by atoms with E-state index in [1.165, 1.54) is 23.2 Å². The summed E-state index contributed by atoms with van der Waals surface area (Å²) in [5, 5.41) is 16.2. The number of rotatable bonds is 8. The van der Waals surface area contributed by atoms with Gasteiger partial charge in [0, 0.05) is 18.8 Å². The van der Waals surface area contributed by atoms with Gasteiger partial charge in [0.25, 0.3) is 5.91 Å². The number of pyridine rings is 1. The molecule has 0 bridgehead atoms. The minimum absolute atomic E-state index is 0.00379. The number of carbonyl (C=O) groups is 1. The highest BCUT2D eigenvalue weighted by Crippen LogP contribution is 2.21. The number of anilines is 1. The second kappa shape index (κ2) is 9.47. The van der Waals surface area contributed by atoms with Crippen molar-refractivity contribution in [2.24, 2.45) is 0 Å². The normalized spacial score (nSPS) is 10.4. The lowest BCUT2D eigenvalue weighted by Gasteiger charge is -2.21. The topological polar surface area (TPSA) is 131 Å². The third-order valence-electron chi connectivity index (χ3n) is 4.24. The molecule has 10 heteroatoms. The zero-order chi connectivity index (χ0) is 21.5. The minimum Gasteiger partial charge on any atom is -0.483 e. The molecule has 0 saturated heterocycles. The molecule has 0 atom stereocenters. The highest BCUT2D eigenvalue weighted by Gasteiger charge is 2.19. The number of nitrogens with two attached hydrogens (primary N) is 1. The van der Waals surface area contributed by atoms with Gasteiger partial charge in [-0.25, -0.2) is 9.37 Å². The van der Waals surface area contributed by atoms with Crippen LogP contribution in [-0.2, 0) is 24.3 Å². The average Bonchev–Trinajstić information content (AvgIpc) is 3.16. The number of amides is 1. The largest absolute Gasteiger partial charge is 0.483 e. The first-order valence-electron chi connectivity index (χ1n) is 9.10. The van der Waals surface area contributed by atoms with Crippen molar-refractivity contribution < 1.29 is 18.3 Å². The molecule has 3 aromatic rings. The number of hydrogen-bond donors (Lipinski definition) is 1. The summed E-state index contributed by atoms with van der Waals surface area (Å²) in [6.07, 6.45) is 2.13. The number of nitrogen functional groups attached to an aromatic ring is 1. The first kappa shape index (κ1) is 20.7. The van der Waals surface area contributed by atoms with Crippen LogP contribution in [0.5, 0.6) is 5.75 Å². The maximum Gasteiger partial charge on any atom is 0.312 e. The molecule has 1 aromatic carbocycles. The van der Waals surface area contributed by atoms with Gasteiger partial charge in [-0.1, -0.05) is 24.2 Å². The Morgan fingerprint density at radius 3 is 2.77 bits per heavy atom. The fourth-order valence-electron chi connectivity index (χ4n) is 2.72. The van der Waals surface area contributed by atoms with Gasteiger partial charge in [0.1, 0.15) is 23.3 Å². The van der Waals surface area contributed by atoms with E-state index in [1.807, 2.05) is 13.0 Å². The third kappa shape index (κ3) is 5.29. The quantitative estimate of drug-likeness (QED) is 0.598. The molecule has 3 rings (SSSR count). The smallest absolute Gasteiger partial charge is 0.312 e. The van der Waals surface area contributed by atoms with Gasteiger partial charge < -0.3 is 19.8 Å². The molecule has 0 radical (unpaired) electrons. The summed E-state index contributed by atoms with van der Waals surface area (Å²) in [5.41, 5.74) is 7.20. The number of aryl methyl sites for hydroxylation is 1. The van der Waals surface area contributed by atoms with Crippen molar-refractivity contribution >= 4 is 11.9 Å². The molecule has 0 unspecified atom stereocenters. The Labute approximate surface area is 171 Å². The van der Waals surface area contributed by atoms with Crippen molar-refractivity contribution in [3.8, 4) is 11.8 Å². The lowest BCUT2D eigenvalue weighted by molar-refractivity contribution is -0.135. The zero-order valence-electron chi connectivity index (χ0n) is 16.2. The van der Waals surface area contributed by atoms with E-state index < -0.39 is 5.82 Å². The van der Waals surface area contributed by atoms with E-state index in [0.717, 1.165) is 5.56 Å². The summed E-state index contributed by atoms with van der Waals surface area (Å²) in [6.45, 7) is 1.75. The molecule has 30 heavy (non-hydrogen) atoms. The van der Waals surface area contributed by atoms with E-state index in [9.17, 15) is 9.18 Å². The molecule has 2 N–H and O–H groups in total. The predicted octanol–water partition coefficient (Wildman–Crippen LogP) is 2.23. The van der Waals surface area contributed by atoms with E-state index >= 15 is 0 Å². The molecule has 0 spiro atoms. The SMILES string of the molecule is CCc1ccc(F)cc1OCC(=O)N(Cc1ccc(C#N)nc1)Cc1nnc(N)o1. The summed E-state index contributed by atoms with van der Waals surface area (Å²) in [4.78, 5) is 18.3. The van der Waals surface area contributed by atoms with Gasteiger partial charge in [-0.3, -0.25) is 4.79 Å². The molecule has 0 aliphatic rings. The van der Waals surface area contributed by atoms with Gasteiger partial charge in [-0.2, -0.15) is 5.26 Å². The average molecular weight is 410 g/mol. The number of hydrogen-bond acceptors (Lipinski definition) is 8. The summed E-state index contributed by atoms with van der Waals surface area (Å²) in [5.74, 6) is -0.366. The van der Waals surface area contributed by atoms with Gasteiger partial charge in [0.2, 0.25) is 5.89 Å². The van der Waals surface area contributed by atoms with Crippen LogP contribution in [-0.4, -0.2) is 32.6 Å². The summed E-state index contributed by atoms with van der Waals surface area (Å²) in [6, 6.07) is 9.29. The standard InChI is InChI=1S/C20H19FN6O3/c1-2-14-4-5-15(21)7-17(14)29-12-19(28)27(11-18-25-26-20(23)30-18)10-13-3-6-16(8-22)24-9-13/h3-7,9H,2,10-12H2,1H3,(H2,23,26). The van der Waals surface area contributed by atoms with Crippen LogP contribution < -0.4 is 10.5 Å². The zero-order valence-corrected chi connectivity index (χ0v) is 16.2. The molecule has 2 heterocycles. The molecule has 0 aliphatic heterocycles. The van der Waals surface area contributed by atoms with Gasteiger partial charge in [0.15, 0.2) is 6.61 Å². The second-order valence-corrected chi connectivity index (χ2v) is 6.34. The fourth-order valence-corrected chi connectivity index (χ4v) is 2.72. The van der Waals surface area contributed by atoms with Crippen molar-refractivity contribution in [2.45, 2.75) is 26.4 Å². The molecular weight excluding hydrogens is 391 g/mol. The highest BCUT2D eigenvalue weighted by atomic mass is 19.1. The van der Waals surface area contributed by atoms with Crippen LogP contribution in [0.15, 0.2) is 40.9 Å². The fraction of sp³-hybridized carbons (Fsp3) is 0.250. The van der Waals surface area contributed by atoms with Crippen molar-refractivity contribution in [1.82, 2.24) is 20.1 Å². The Kier molecular flexibility index (Phi) is 6.54. The Morgan fingerprint density at radius 2 is 2.13 bits per heavy atom. The third-order valence-corrected chi connectivity index (χ3v) is 4.24. The Balaban J connectivity index is 1.75. The van der Waals surface area contributed by atoms with Crippen LogP contribution in [0.1, 0.15) is 29.6 Å². The number of nitriles is 1. The van der Waals surface area contributed by atoms with Crippen LogP contribution in [0.3, 0.4) is 0 Å². The number of benzene rings is 1. The molecule has 0 saturated carbocycles. The number of ether oxygens (including phenoxy) is 1. The van der Waals surface area contributed by atoms with Crippen molar-refractivity contribution in [3.63, 3.8) is 0 Å². The number of halogens is 1. The van der Waals surface area contributed by atoms with Crippen LogP contribution in [0, 0.1) is 17.1 Å². The first-order chi connectivity index (χ1) is 14.5. The van der Waals surface area contributed by atoms with E-state index in [-0.39, 0.29) is 43.2 Å². The monoisotopic (exact) mass is 410 g/mol. The van der Waals surface area contributed by atoms with Gasteiger partial charge in [-0.15, -0.1) is 5.10 Å². The van der Waals surface area contributed by atoms with Crippen LogP contribution in [0.4, 0.5) is 10.4 Å². The van der Waals surface area contributed by atoms with Gasteiger partial charge in [-0.05, 0) is 29.7 Å². The van der Waals surface area contributed by atoms with Crippen LogP contribution in [0.2, 0.25) is 0 Å². The van der Waals surface area contributed by atoms with Crippen molar-refractivity contribution in [1.29, 1.82) is 5.26 Å². The lowest BCUT2D eigenvalue weighted by Crippen LogP contribution is -2.34. The Morgan fingerprint density at radius 1 is 1.30 bits per heavy atom. The van der Waals surface area contributed by atoms with Crippen LogP contribution in [0.25, 0.3) is 0 Å². The van der Waals surface area contributed by atoms with Gasteiger partial charge in [0.05, 0.1) is 6.54 Å². The number of nitrogens with zero attached hydrogens (tertiary/aromatic N) is 5. The molecule has 0 aliphatic carbocycles. The summed E-state index contributed by atoms with van der Waals surface area (Å²) in [7, 11) is 0. The van der Waals surface area contributed by atoms with E-state index in [4.69, 9.17) is 20.1 Å². The molecule has 0 fully saturated rings. The van der Waals surface area contributed by atoms with Crippen molar-refractivity contribution in [3.05, 3.63) is 65.1 Å². The maximum absolute atomic E-state index is 13.6. The molecule has 9 nitrogen and oxygen atoms in total. The number of aromatic nitrogens is 3. The maximum atomic E-state index is 13.6. The highest BCUT2D eigenvalue weighted by molar-refractivity contribution is 5.77. The minimum atomic E-state index is -0.448. The van der Waals surface area contributed by atoms with Crippen LogP contribution >= 0.6 is 0 Å². The molecule has 2 aromatic heterocycles. The Hall–Kier alpha value is -4.00. The molecular formula is C20H19FN6O3. The summed E-state index contributed by atoms with van der Waals surface area (Å²) >= 11 is 0. The number of carbonyl (C=O) groups excluding carboxylic acids is 1. The molecule has 1 amide bonds. The first-order valence-corrected chi connectivity index (χ1v) is 9.10. The van der Waals surface area contributed by atoms with E-state index in [2.05, 4.69) is 15.2 Å². The summed E-state index contributed by atoms with van der Waals surface area (Å²) < 4.78 is 24.3. The Bertz CT molecular complexity index is 1060. The predicted molar refractivity (Wildman–Crippen MR) is 103 cm³/mol. The molecule has 154 valence electrons. The van der Waals surface area contributed by atoms with E-state index in [0.29, 0.717) is 17.7 Å².